The zero-order valence-electron chi connectivity index (χ0n) is 12.6. The van der Waals surface area contributed by atoms with Gasteiger partial charge in [0, 0.05) is 0 Å². The second-order valence-electron chi connectivity index (χ2n) is 4.76. The Bertz CT molecular complexity index is 425. The highest BCUT2D eigenvalue weighted by Crippen LogP contribution is 2.32. The molecule has 0 aromatic rings. The Kier molecular flexibility index (Phi) is 6.20. The van der Waals surface area contributed by atoms with Crippen molar-refractivity contribution in [3.05, 3.63) is 11.6 Å². The maximum Gasteiger partial charge on any atom is 0.508 e. The summed E-state index contributed by atoms with van der Waals surface area (Å²) in [6, 6.07) is 0. The molecule has 0 aromatic carbocycles. The summed E-state index contributed by atoms with van der Waals surface area (Å²) in [5.41, 5.74) is 0.852. The number of hydrogen-bond acceptors (Lipinski definition) is 7. The van der Waals surface area contributed by atoms with Crippen LogP contribution in [0, 0.1) is 11.8 Å². The molecule has 0 saturated heterocycles. The molecular formula is C14H20O7. The summed E-state index contributed by atoms with van der Waals surface area (Å²) in [6.45, 7) is 1.81. The number of methoxy groups -OCH3 is 3. The van der Waals surface area contributed by atoms with Crippen LogP contribution < -0.4 is 0 Å². The molecule has 0 N–H and O–H groups in total. The molecule has 0 radical (unpaired) electrons. The molecule has 0 aromatic heterocycles. The number of carbonyl (C=O) groups excluding carboxylic acids is 3. The molecule has 1 rings (SSSR count). The van der Waals surface area contributed by atoms with E-state index in [-0.39, 0.29) is 5.92 Å². The Morgan fingerprint density at radius 3 is 2.14 bits per heavy atom. The minimum absolute atomic E-state index is 0.326. The van der Waals surface area contributed by atoms with Crippen LogP contribution in [-0.4, -0.2) is 45.5 Å². The fourth-order valence-corrected chi connectivity index (χ4v) is 2.34. The maximum absolute atomic E-state index is 11.8. The normalized spacial score (nSPS) is 21.3. The largest absolute Gasteiger partial charge is 0.508 e. The summed E-state index contributed by atoms with van der Waals surface area (Å²) < 4.78 is 18.9. The van der Waals surface area contributed by atoms with E-state index in [4.69, 9.17) is 4.74 Å². The van der Waals surface area contributed by atoms with Crippen molar-refractivity contribution in [2.24, 2.45) is 11.8 Å². The topological polar surface area (TPSA) is 88.1 Å². The van der Waals surface area contributed by atoms with Crippen LogP contribution >= 0.6 is 0 Å². The van der Waals surface area contributed by atoms with Crippen molar-refractivity contribution in [3.63, 3.8) is 0 Å². The van der Waals surface area contributed by atoms with Crippen molar-refractivity contribution in [2.45, 2.75) is 25.9 Å². The number of ether oxygens (including phenoxy) is 4. The Labute approximate surface area is 123 Å². The minimum atomic E-state index is -1.03. The quantitative estimate of drug-likeness (QED) is 0.336. The number of rotatable bonds is 4. The van der Waals surface area contributed by atoms with Crippen molar-refractivity contribution in [2.75, 3.05) is 21.3 Å². The van der Waals surface area contributed by atoms with Gasteiger partial charge in [-0.1, -0.05) is 6.08 Å². The molecule has 0 saturated carbocycles. The summed E-state index contributed by atoms with van der Waals surface area (Å²) in [4.78, 5) is 34.8. The molecule has 7 heteroatoms. The molecule has 0 spiro atoms. The van der Waals surface area contributed by atoms with Crippen molar-refractivity contribution >= 4 is 18.1 Å². The summed E-state index contributed by atoms with van der Waals surface area (Å²) in [5.74, 6) is -2.70. The van der Waals surface area contributed by atoms with Gasteiger partial charge >= 0.3 is 18.1 Å². The lowest BCUT2D eigenvalue weighted by Crippen LogP contribution is -2.37. The van der Waals surface area contributed by atoms with Crippen molar-refractivity contribution in [3.8, 4) is 0 Å². The van der Waals surface area contributed by atoms with E-state index in [1.54, 1.807) is 0 Å². The van der Waals surface area contributed by atoms with Gasteiger partial charge in [0.25, 0.3) is 0 Å². The predicted octanol–water partition coefficient (Wildman–Crippen LogP) is 1.46. The molecule has 1 aliphatic carbocycles. The van der Waals surface area contributed by atoms with E-state index in [1.807, 2.05) is 13.0 Å². The van der Waals surface area contributed by atoms with Crippen LogP contribution in [0.25, 0.3) is 0 Å². The van der Waals surface area contributed by atoms with E-state index in [0.717, 1.165) is 5.57 Å². The standard InChI is InChI=1S/C14H20O7/c1-8-5-6-9(7-10(8)21-14(17)20-4)11(12(15)18-2)13(16)19-3/h5,9-11H,6-7H2,1-4H3/t9-,10-/m1/s1. The zero-order chi connectivity index (χ0) is 16.0. The molecule has 21 heavy (non-hydrogen) atoms. The van der Waals surface area contributed by atoms with Crippen LogP contribution in [0.2, 0.25) is 0 Å². The van der Waals surface area contributed by atoms with E-state index < -0.39 is 30.1 Å². The van der Waals surface area contributed by atoms with Crippen LogP contribution in [0.4, 0.5) is 4.79 Å². The SMILES string of the molecule is COC(=O)O[C@@H]1C[C@H](C(C(=O)OC)C(=O)OC)CC=C1C. The van der Waals surface area contributed by atoms with Crippen LogP contribution in [0.3, 0.4) is 0 Å². The molecule has 118 valence electrons. The van der Waals surface area contributed by atoms with Gasteiger partial charge in [0.1, 0.15) is 6.10 Å². The van der Waals surface area contributed by atoms with Gasteiger partial charge in [-0.25, -0.2) is 4.79 Å². The van der Waals surface area contributed by atoms with Gasteiger partial charge in [-0.05, 0) is 31.3 Å². The second kappa shape index (κ2) is 7.66. The predicted molar refractivity (Wildman–Crippen MR) is 71.3 cm³/mol. The lowest BCUT2D eigenvalue weighted by atomic mass is 9.79. The van der Waals surface area contributed by atoms with Gasteiger partial charge in [-0.2, -0.15) is 0 Å². The first-order valence-corrected chi connectivity index (χ1v) is 6.51. The van der Waals surface area contributed by atoms with Gasteiger partial charge in [0.2, 0.25) is 0 Å². The lowest BCUT2D eigenvalue weighted by Gasteiger charge is -2.30. The first kappa shape index (κ1) is 17.0. The van der Waals surface area contributed by atoms with Crippen LogP contribution in [0.15, 0.2) is 11.6 Å². The van der Waals surface area contributed by atoms with Gasteiger partial charge in [-0.15, -0.1) is 0 Å². The third-order valence-electron chi connectivity index (χ3n) is 3.55. The van der Waals surface area contributed by atoms with Crippen molar-refractivity contribution in [1.82, 2.24) is 0 Å². The highest BCUT2D eigenvalue weighted by atomic mass is 16.7. The summed E-state index contributed by atoms with van der Waals surface area (Å²) in [5, 5.41) is 0. The second-order valence-corrected chi connectivity index (χ2v) is 4.76. The Morgan fingerprint density at radius 2 is 1.67 bits per heavy atom. The molecule has 0 heterocycles. The molecule has 1 aliphatic rings. The van der Waals surface area contributed by atoms with Crippen molar-refractivity contribution < 1.29 is 33.3 Å². The lowest BCUT2D eigenvalue weighted by molar-refractivity contribution is -0.162. The summed E-state index contributed by atoms with van der Waals surface area (Å²) in [6.07, 6.45) is 1.32. The van der Waals surface area contributed by atoms with E-state index in [9.17, 15) is 14.4 Å². The highest BCUT2D eigenvalue weighted by molar-refractivity contribution is 5.95. The Balaban J connectivity index is 2.89. The molecule has 0 fully saturated rings. The molecule has 0 unspecified atom stereocenters. The molecule has 2 atom stereocenters. The fourth-order valence-electron chi connectivity index (χ4n) is 2.34. The molecule has 0 bridgehead atoms. The third kappa shape index (κ3) is 4.21. The average Bonchev–Trinajstić information content (AvgIpc) is 2.49. The average molecular weight is 300 g/mol. The monoisotopic (exact) mass is 300 g/mol. The van der Waals surface area contributed by atoms with Crippen LogP contribution in [0.1, 0.15) is 19.8 Å². The molecule has 7 nitrogen and oxygen atoms in total. The van der Waals surface area contributed by atoms with Crippen molar-refractivity contribution in [1.29, 1.82) is 0 Å². The number of hydrogen-bond donors (Lipinski definition) is 0. The van der Waals surface area contributed by atoms with Crippen LogP contribution in [-0.2, 0) is 28.5 Å². The highest BCUT2D eigenvalue weighted by Gasteiger charge is 2.40. The third-order valence-corrected chi connectivity index (χ3v) is 3.55. The number of allylic oxidation sites excluding steroid dienone is 1. The minimum Gasteiger partial charge on any atom is -0.468 e. The first-order valence-electron chi connectivity index (χ1n) is 6.51. The summed E-state index contributed by atoms with van der Waals surface area (Å²) in [7, 11) is 3.64. The van der Waals surface area contributed by atoms with E-state index in [0.29, 0.717) is 12.8 Å². The maximum atomic E-state index is 11.8. The molecule has 0 amide bonds. The van der Waals surface area contributed by atoms with E-state index >= 15 is 0 Å². The number of esters is 2. The van der Waals surface area contributed by atoms with Gasteiger partial charge in [0.05, 0.1) is 21.3 Å². The zero-order valence-corrected chi connectivity index (χ0v) is 12.6. The van der Waals surface area contributed by atoms with Gasteiger partial charge < -0.3 is 18.9 Å². The van der Waals surface area contributed by atoms with Crippen LogP contribution in [0.5, 0.6) is 0 Å². The Morgan fingerprint density at radius 1 is 1.10 bits per heavy atom. The number of carbonyl (C=O) groups is 3. The fraction of sp³-hybridized carbons (Fsp3) is 0.643. The van der Waals surface area contributed by atoms with E-state index in [1.165, 1.54) is 21.3 Å². The molecular weight excluding hydrogens is 280 g/mol. The van der Waals surface area contributed by atoms with E-state index in [2.05, 4.69) is 14.2 Å². The Hall–Kier alpha value is -2.05. The van der Waals surface area contributed by atoms with Gasteiger partial charge in [-0.3, -0.25) is 9.59 Å². The smallest absolute Gasteiger partial charge is 0.468 e. The first-order chi connectivity index (χ1) is 9.94. The van der Waals surface area contributed by atoms with Gasteiger partial charge in [0.15, 0.2) is 5.92 Å². The summed E-state index contributed by atoms with van der Waals surface area (Å²) >= 11 is 0. The molecule has 0 aliphatic heterocycles.